The molecule has 0 saturated heterocycles. The van der Waals surface area contributed by atoms with Crippen molar-refractivity contribution in [1.29, 1.82) is 0 Å². The van der Waals surface area contributed by atoms with Crippen molar-refractivity contribution >= 4 is 5.91 Å². The third-order valence-corrected chi connectivity index (χ3v) is 2.38. The quantitative estimate of drug-likeness (QED) is 0.803. The Labute approximate surface area is 99.0 Å². The average Bonchev–Trinajstić information content (AvgIpc) is 2.29. The largest absolute Gasteiger partial charge is 0.368 e. The van der Waals surface area contributed by atoms with Crippen molar-refractivity contribution in [2.24, 2.45) is 5.73 Å². The van der Waals surface area contributed by atoms with Gasteiger partial charge in [0.15, 0.2) is 0 Å². The number of hydrogen-bond acceptors (Lipinski definition) is 2. The number of primary amides is 1. The van der Waals surface area contributed by atoms with Gasteiger partial charge < -0.3 is 11.1 Å². The molecule has 0 radical (unpaired) electrons. The first kappa shape index (κ1) is 13.6. The van der Waals surface area contributed by atoms with E-state index in [1.807, 2.05) is 6.92 Å². The number of nitrogens with one attached hydrogen (secondary N) is 1. The van der Waals surface area contributed by atoms with Gasteiger partial charge in [-0.05, 0) is 24.6 Å². The third-order valence-electron chi connectivity index (χ3n) is 2.38. The van der Waals surface area contributed by atoms with Gasteiger partial charge >= 0.3 is 0 Å². The molecule has 0 saturated carbocycles. The molecule has 3 N–H and O–H groups in total. The van der Waals surface area contributed by atoms with E-state index in [2.05, 4.69) is 5.32 Å². The van der Waals surface area contributed by atoms with Crippen molar-refractivity contribution in [2.75, 3.05) is 6.54 Å². The van der Waals surface area contributed by atoms with Crippen molar-refractivity contribution in [2.45, 2.75) is 25.8 Å². The SMILES string of the molecule is CCCNC(C(N)=O)c1cccc(C(F)F)c1. The van der Waals surface area contributed by atoms with Crippen LogP contribution >= 0.6 is 0 Å². The minimum atomic E-state index is -2.55. The predicted molar refractivity (Wildman–Crippen MR) is 61.6 cm³/mol. The predicted octanol–water partition coefficient (Wildman–Crippen LogP) is 2.15. The van der Waals surface area contributed by atoms with E-state index in [1.165, 1.54) is 18.2 Å². The molecule has 1 aromatic rings. The zero-order valence-electron chi connectivity index (χ0n) is 9.62. The topological polar surface area (TPSA) is 55.1 Å². The van der Waals surface area contributed by atoms with E-state index in [9.17, 15) is 13.6 Å². The molecule has 0 fully saturated rings. The fourth-order valence-electron chi connectivity index (χ4n) is 1.55. The second-order valence-electron chi connectivity index (χ2n) is 3.76. The maximum atomic E-state index is 12.5. The van der Waals surface area contributed by atoms with Crippen molar-refractivity contribution in [3.05, 3.63) is 35.4 Å². The Morgan fingerprint density at radius 1 is 1.41 bits per heavy atom. The third kappa shape index (κ3) is 3.78. The maximum absolute atomic E-state index is 12.5. The van der Waals surface area contributed by atoms with Crippen LogP contribution in [0.4, 0.5) is 8.78 Å². The monoisotopic (exact) mass is 242 g/mol. The van der Waals surface area contributed by atoms with E-state index in [4.69, 9.17) is 5.73 Å². The molecule has 94 valence electrons. The molecule has 3 nitrogen and oxygen atoms in total. The van der Waals surface area contributed by atoms with Crippen LogP contribution in [0.15, 0.2) is 24.3 Å². The van der Waals surface area contributed by atoms with Crippen LogP contribution < -0.4 is 11.1 Å². The van der Waals surface area contributed by atoms with Gasteiger partial charge in [-0.3, -0.25) is 4.79 Å². The summed E-state index contributed by atoms with van der Waals surface area (Å²) in [6.07, 6.45) is -1.71. The molecular weight excluding hydrogens is 226 g/mol. The van der Waals surface area contributed by atoms with E-state index in [-0.39, 0.29) is 5.56 Å². The van der Waals surface area contributed by atoms with Gasteiger partial charge in [-0.15, -0.1) is 0 Å². The van der Waals surface area contributed by atoms with Crippen molar-refractivity contribution in [3.63, 3.8) is 0 Å². The van der Waals surface area contributed by atoms with Crippen LogP contribution in [-0.4, -0.2) is 12.5 Å². The van der Waals surface area contributed by atoms with Crippen LogP contribution in [0.2, 0.25) is 0 Å². The zero-order valence-corrected chi connectivity index (χ0v) is 9.62. The molecular formula is C12H16F2N2O. The van der Waals surface area contributed by atoms with Crippen LogP contribution in [0, 0.1) is 0 Å². The summed E-state index contributed by atoms with van der Waals surface area (Å²) in [7, 11) is 0. The lowest BCUT2D eigenvalue weighted by atomic mass is 10.0. The first-order chi connectivity index (χ1) is 8.06. The van der Waals surface area contributed by atoms with Gasteiger partial charge in [0, 0.05) is 5.56 Å². The highest BCUT2D eigenvalue weighted by Gasteiger charge is 2.18. The minimum absolute atomic E-state index is 0.105. The van der Waals surface area contributed by atoms with Gasteiger partial charge in [-0.2, -0.15) is 0 Å². The Balaban J connectivity index is 2.93. The van der Waals surface area contributed by atoms with Crippen LogP contribution in [0.5, 0.6) is 0 Å². The normalized spacial score (nSPS) is 12.7. The fourth-order valence-corrected chi connectivity index (χ4v) is 1.55. The number of nitrogens with two attached hydrogens (primary N) is 1. The van der Waals surface area contributed by atoms with E-state index in [1.54, 1.807) is 6.07 Å². The lowest BCUT2D eigenvalue weighted by molar-refractivity contribution is -0.120. The lowest BCUT2D eigenvalue weighted by Gasteiger charge is -2.16. The van der Waals surface area contributed by atoms with E-state index < -0.39 is 18.4 Å². The van der Waals surface area contributed by atoms with Gasteiger partial charge in [0.05, 0.1) is 0 Å². The summed E-state index contributed by atoms with van der Waals surface area (Å²) < 4.78 is 25.1. The van der Waals surface area contributed by atoms with Crippen LogP contribution in [0.1, 0.15) is 36.9 Å². The van der Waals surface area contributed by atoms with Crippen LogP contribution in [0.25, 0.3) is 0 Å². The molecule has 0 aliphatic carbocycles. The Hall–Kier alpha value is -1.49. The smallest absolute Gasteiger partial charge is 0.263 e. The summed E-state index contributed by atoms with van der Waals surface area (Å²) in [4.78, 5) is 11.3. The summed E-state index contributed by atoms with van der Waals surface area (Å²) in [5.41, 5.74) is 5.62. The number of amides is 1. The Morgan fingerprint density at radius 2 is 2.06 bits per heavy atom. The highest BCUT2D eigenvalue weighted by atomic mass is 19.3. The minimum Gasteiger partial charge on any atom is -0.368 e. The Bertz CT molecular complexity index is 383. The van der Waals surface area contributed by atoms with Gasteiger partial charge in [0.2, 0.25) is 5.91 Å². The van der Waals surface area contributed by atoms with Crippen LogP contribution in [-0.2, 0) is 4.79 Å². The molecule has 5 heteroatoms. The molecule has 0 bridgehead atoms. The van der Waals surface area contributed by atoms with E-state index in [0.717, 1.165) is 6.42 Å². The van der Waals surface area contributed by atoms with Gasteiger partial charge in [-0.1, -0.05) is 25.1 Å². The second-order valence-corrected chi connectivity index (χ2v) is 3.76. The highest BCUT2D eigenvalue weighted by Crippen LogP contribution is 2.22. The number of halogens is 2. The molecule has 1 unspecified atom stereocenters. The first-order valence-electron chi connectivity index (χ1n) is 5.47. The number of rotatable bonds is 6. The summed E-state index contributed by atoms with van der Waals surface area (Å²) in [5, 5.41) is 2.93. The molecule has 17 heavy (non-hydrogen) atoms. The molecule has 0 aromatic heterocycles. The maximum Gasteiger partial charge on any atom is 0.263 e. The number of hydrogen-bond donors (Lipinski definition) is 2. The first-order valence-corrected chi connectivity index (χ1v) is 5.47. The number of carbonyl (C=O) groups excluding carboxylic acids is 1. The number of benzene rings is 1. The fraction of sp³-hybridized carbons (Fsp3) is 0.417. The highest BCUT2D eigenvalue weighted by molar-refractivity contribution is 5.81. The van der Waals surface area contributed by atoms with Gasteiger partial charge in [0.1, 0.15) is 6.04 Å². The molecule has 1 aromatic carbocycles. The summed E-state index contributed by atoms with van der Waals surface area (Å²) >= 11 is 0. The van der Waals surface area contributed by atoms with Crippen molar-refractivity contribution in [3.8, 4) is 0 Å². The molecule has 0 aliphatic heterocycles. The Morgan fingerprint density at radius 3 is 2.59 bits per heavy atom. The zero-order chi connectivity index (χ0) is 12.8. The van der Waals surface area contributed by atoms with Crippen LogP contribution in [0.3, 0.4) is 0 Å². The average molecular weight is 242 g/mol. The molecule has 0 aliphatic rings. The number of alkyl halides is 2. The molecule has 1 atom stereocenters. The standard InChI is InChI=1S/C12H16F2N2O/c1-2-6-16-10(12(15)17)8-4-3-5-9(7-8)11(13)14/h3-5,7,10-11,16H,2,6H2,1H3,(H2,15,17). The molecule has 0 heterocycles. The lowest BCUT2D eigenvalue weighted by Crippen LogP contribution is -2.34. The van der Waals surface area contributed by atoms with E-state index in [0.29, 0.717) is 12.1 Å². The van der Waals surface area contributed by atoms with Crippen molar-refractivity contribution < 1.29 is 13.6 Å². The van der Waals surface area contributed by atoms with Crippen molar-refractivity contribution in [1.82, 2.24) is 5.32 Å². The number of carbonyl (C=O) groups is 1. The molecule has 1 rings (SSSR count). The van der Waals surface area contributed by atoms with E-state index >= 15 is 0 Å². The summed E-state index contributed by atoms with van der Waals surface area (Å²) in [6, 6.07) is 5.03. The van der Waals surface area contributed by atoms with Gasteiger partial charge in [0.25, 0.3) is 6.43 Å². The second kappa shape index (κ2) is 6.30. The Kier molecular flexibility index (Phi) is 5.03. The van der Waals surface area contributed by atoms with Gasteiger partial charge in [-0.25, -0.2) is 8.78 Å². The summed E-state index contributed by atoms with van der Waals surface area (Å²) in [6.45, 7) is 2.55. The molecule has 0 spiro atoms. The molecule has 1 amide bonds. The summed E-state index contributed by atoms with van der Waals surface area (Å²) in [5.74, 6) is -0.565.